The highest BCUT2D eigenvalue weighted by atomic mass is 79.9. The second-order valence-electron chi connectivity index (χ2n) is 3.88. The van der Waals surface area contributed by atoms with Crippen molar-refractivity contribution in [2.24, 2.45) is 0 Å². The summed E-state index contributed by atoms with van der Waals surface area (Å²) in [5.74, 6) is 0.568. The summed E-state index contributed by atoms with van der Waals surface area (Å²) in [6.07, 6.45) is -3.22. The normalized spacial score (nSPS) is 11.3. The van der Waals surface area contributed by atoms with E-state index in [0.717, 1.165) is 11.6 Å². The van der Waals surface area contributed by atoms with Gasteiger partial charge in [-0.1, -0.05) is 0 Å². The van der Waals surface area contributed by atoms with Crippen LogP contribution in [-0.2, 0) is 5.88 Å². The minimum atomic E-state index is -4.75. The molecule has 0 atom stereocenters. The van der Waals surface area contributed by atoms with Gasteiger partial charge in [-0.15, -0.1) is 24.8 Å². The van der Waals surface area contributed by atoms with E-state index in [1.165, 1.54) is 18.3 Å². The van der Waals surface area contributed by atoms with E-state index < -0.39 is 6.36 Å². The van der Waals surface area contributed by atoms with Crippen LogP contribution in [-0.4, -0.2) is 11.3 Å². The van der Waals surface area contributed by atoms with Crippen LogP contribution in [0.2, 0.25) is 0 Å². The number of nitrogens with zero attached hydrogens (tertiary/aromatic N) is 1. The molecule has 0 saturated carbocycles. The van der Waals surface area contributed by atoms with E-state index in [0.29, 0.717) is 17.5 Å². The summed E-state index contributed by atoms with van der Waals surface area (Å²) in [5, 5.41) is 0. The number of hydrogen-bond donors (Lipinski definition) is 0. The molecule has 0 unspecified atom stereocenters. The first-order chi connectivity index (χ1) is 9.87. The first kappa shape index (κ1) is 15.9. The van der Waals surface area contributed by atoms with Gasteiger partial charge in [0, 0.05) is 18.1 Å². The lowest BCUT2D eigenvalue weighted by Gasteiger charge is -2.12. The van der Waals surface area contributed by atoms with E-state index in [1.807, 2.05) is 0 Å². The van der Waals surface area contributed by atoms with Gasteiger partial charge in [0.05, 0.1) is 4.47 Å². The molecule has 2 aromatic rings. The van der Waals surface area contributed by atoms with E-state index in [1.54, 1.807) is 12.1 Å². The number of benzene rings is 1. The van der Waals surface area contributed by atoms with E-state index in [9.17, 15) is 13.2 Å². The Morgan fingerprint density at radius 3 is 2.57 bits per heavy atom. The molecule has 0 aliphatic rings. The molecule has 0 N–H and O–H groups in total. The summed E-state index contributed by atoms with van der Waals surface area (Å²) in [7, 11) is 0. The van der Waals surface area contributed by atoms with Crippen molar-refractivity contribution in [3.05, 3.63) is 46.6 Å². The van der Waals surface area contributed by atoms with Gasteiger partial charge in [-0.05, 0) is 45.8 Å². The predicted octanol–water partition coefficient (Wildman–Crippen LogP) is 5.27. The van der Waals surface area contributed by atoms with Crippen molar-refractivity contribution >= 4 is 27.5 Å². The van der Waals surface area contributed by atoms with Gasteiger partial charge in [-0.25, -0.2) is 4.98 Å². The minimum Gasteiger partial charge on any atom is -0.439 e. The molecule has 112 valence electrons. The Labute approximate surface area is 131 Å². The second-order valence-corrected chi connectivity index (χ2v) is 5.00. The highest BCUT2D eigenvalue weighted by molar-refractivity contribution is 9.10. The number of ether oxygens (including phenoxy) is 2. The van der Waals surface area contributed by atoms with Crippen molar-refractivity contribution in [1.29, 1.82) is 0 Å². The molecule has 0 amide bonds. The Morgan fingerprint density at radius 1 is 1.19 bits per heavy atom. The van der Waals surface area contributed by atoms with Crippen LogP contribution in [0.15, 0.2) is 41.0 Å². The largest absolute Gasteiger partial charge is 0.573 e. The van der Waals surface area contributed by atoms with Gasteiger partial charge in [-0.3, -0.25) is 0 Å². The van der Waals surface area contributed by atoms with Crippen molar-refractivity contribution in [1.82, 2.24) is 4.98 Å². The fraction of sp³-hybridized carbons (Fsp3) is 0.154. The van der Waals surface area contributed by atoms with E-state index in [4.69, 9.17) is 16.3 Å². The Morgan fingerprint density at radius 2 is 1.95 bits per heavy atom. The molecule has 0 aliphatic carbocycles. The summed E-state index contributed by atoms with van der Waals surface area (Å²) in [6.45, 7) is 0. The highest BCUT2D eigenvalue weighted by Gasteiger charge is 2.32. The van der Waals surface area contributed by atoms with Gasteiger partial charge in [-0.2, -0.15) is 0 Å². The molecule has 2 rings (SSSR count). The van der Waals surface area contributed by atoms with Crippen LogP contribution in [0, 0.1) is 0 Å². The molecule has 1 aromatic carbocycles. The lowest BCUT2D eigenvalue weighted by molar-refractivity contribution is -0.274. The van der Waals surface area contributed by atoms with Gasteiger partial charge in [0.15, 0.2) is 0 Å². The van der Waals surface area contributed by atoms with Gasteiger partial charge in [0.2, 0.25) is 5.88 Å². The number of rotatable bonds is 4. The molecule has 0 radical (unpaired) electrons. The smallest absolute Gasteiger partial charge is 0.439 e. The molecule has 3 nitrogen and oxygen atoms in total. The van der Waals surface area contributed by atoms with Gasteiger partial charge in [0.1, 0.15) is 11.5 Å². The van der Waals surface area contributed by atoms with Crippen LogP contribution in [0.1, 0.15) is 5.56 Å². The van der Waals surface area contributed by atoms with Gasteiger partial charge in [0.25, 0.3) is 0 Å². The Hall–Kier alpha value is -1.47. The topological polar surface area (TPSA) is 31.4 Å². The third-order valence-electron chi connectivity index (χ3n) is 2.31. The molecular weight excluding hydrogens is 374 g/mol. The third kappa shape index (κ3) is 4.78. The standard InChI is InChI=1S/C13H8BrClF3NO2/c14-10-6-9(1-2-11(10)21-13(16,17)18)20-12-5-8(7-15)3-4-19-12/h1-6H,7H2. The molecule has 0 saturated heterocycles. The van der Waals surface area contributed by atoms with Crippen LogP contribution in [0.4, 0.5) is 13.2 Å². The van der Waals surface area contributed by atoms with Gasteiger partial charge >= 0.3 is 6.36 Å². The van der Waals surface area contributed by atoms with Gasteiger partial charge < -0.3 is 9.47 Å². The number of aromatic nitrogens is 1. The summed E-state index contributed by atoms with van der Waals surface area (Å²) in [5.41, 5.74) is 0.817. The minimum absolute atomic E-state index is 0.117. The number of pyridine rings is 1. The third-order valence-corrected chi connectivity index (χ3v) is 3.23. The molecule has 21 heavy (non-hydrogen) atoms. The first-order valence-corrected chi connectivity index (χ1v) is 6.94. The molecule has 0 spiro atoms. The summed E-state index contributed by atoms with van der Waals surface area (Å²) in [6, 6.07) is 7.23. The van der Waals surface area contributed by atoms with Crippen molar-refractivity contribution in [3.8, 4) is 17.4 Å². The SMILES string of the molecule is FC(F)(F)Oc1ccc(Oc2cc(CCl)ccn2)cc1Br. The lowest BCUT2D eigenvalue weighted by atomic mass is 10.3. The average molecular weight is 383 g/mol. The molecular formula is C13H8BrClF3NO2. The van der Waals surface area contributed by atoms with Crippen LogP contribution < -0.4 is 9.47 Å². The Balaban J connectivity index is 2.16. The molecule has 1 aromatic heterocycles. The van der Waals surface area contributed by atoms with Crippen molar-refractivity contribution < 1.29 is 22.6 Å². The fourth-order valence-electron chi connectivity index (χ4n) is 1.46. The molecule has 1 heterocycles. The number of hydrogen-bond acceptors (Lipinski definition) is 3. The maximum atomic E-state index is 12.2. The molecule has 0 bridgehead atoms. The van der Waals surface area contributed by atoms with Crippen molar-refractivity contribution in [2.45, 2.75) is 12.2 Å². The molecule has 8 heteroatoms. The van der Waals surface area contributed by atoms with Crippen LogP contribution >= 0.6 is 27.5 Å². The van der Waals surface area contributed by atoms with Crippen LogP contribution in [0.3, 0.4) is 0 Å². The highest BCUT2D eigenvalue weighted by Crippen LogP contribution is 2.34. The second kappa shape index (κ2) is 6.53. The average Bonchev–Trinajstić information content (AvgIpc) is 2.41. The Kier molecular flexibility index (Phi) is 4.95. The summed E-state index contributed by atoms with van der Waals surface area (Å²) in [4.78, 5) is 3.99. The summed E-state index contributed by atoms with van der Waals surface area (Å²) < 4.78 is 45.9. The zero-order chi connectivity index (χ0) is 15.5. The van der Waals surface area contributed by atoms with Crippen molar-refractivity contribution in [2.75, 3.05) is 0 Å². The van der Waals surface area contributed by atoms with Crippen molar-refractivity contribution in [3.63, 3.8) is 0 Å². The zero-order valence-corrected chi connectivity index (χ0v) is 12.7. The first-order valence-electron chi connectivity index (χ1n) is 5.61. The number of halogens is 5. The van der Waals surface area contributed by atoms with Crippen LogP contribution in [0.5, 0.6) is 17.4 Å². The van der Waals surface area contributed by atoms with Crippen LogP contribution in [0.25, 0.3) is 0 Å². The molecule has 0 aliphatic heterocycles. The quantitative estimate of drug-likeness (QED) is 0.675. The fourth-order valence-corrected chi connectivity index (χ4v) is 2.07. The maximum Gasteiger partial charge on any atom is 0.573 e. The monoisotopic (exact) mass is 381 g/mol. The van der Waals surface area contributed by atoms with E-state index in [-0.39, 0.29) is 10.2 Å². The number of alkyl halides is 4. The van der Waals surface area contributed by atoms with E-state index in [2.05, 4.69) is 25.7 Å². The van der Waals surface area contributed by atoms with E-state index >= 15 is 0 Å². The lowest BCUT2D eigenvalue weighted by Crippen LogP contribution is -2.17. The summed E-state index contributed by atoms with van der Waals surface area (Å²) >= 11 is 8.69. The maximum absolute atomic E-state index is 12.2. The molecule has 0 fully saturated rings. The predicted molar refractivity (Wildman–Crippen MR) is 74.7 cm³/mol. The Bertz CT molecular complexity index is 637. The zero-order valence-electron chi connectivity index (χ0n) is 10.3.